The van der Waals surface area contributed by atoms with Crippen molar-refractivity contribution in [3.05, 3.63) is 29.5 Å². The second-order valence-corrected chi connectivity index (χ2v) is 4.04. The van der Waals surface area contributed by atoms with Crippen molar-refractivity contribution in [2.45, 2.75) is 19.1 Å². The van der Waals surface area contributed by atoms with Crippen LogP contribution in [-0.2, 0) is 9.53 Å². The van der Waals surface area contributed by atoms with E-state index in [9.17, 15) is 15.0 Å². The van der Waals surface area contributed by atoms with Gasteiger partial charge in [-0.3, -0.25) is 5.10 Å². The third-order valence-electron chi connectivity index (χ3n) is 2.85. The minimum Gasteiger partial charge on any atom is -0.467 e. The zero-order valence-electron chi connectivity index (χ0n) is 10.0. The largest absolute Gasteiger partial charge is 0.467 e. The fourth-order valence-corrected chi connectivity index (χ4v) is 1.78. The summed E-state index contributed by atoms with van der Waals surface area (Å²) in [7, 11) is 1.15. The highest BCUT2D eigenvalue weighted by molar-refractivity contribution is 5.82. The number of benzene rings is 1. The molecule has 0 fully saturated rings. The van der Waals surface area contributed by atoms with Crippen LogP contribution in [0.25, 0.3) is 10.9 Å². The summed E-state index contributed by atoms with van der Waals surface area (Å²) in [6, 6.07) is 5.04. The Bertz CT molecular complexity index is 578. The summed E-state index contributed by atoms with van der Waals surface area (Å²) >= 11 is 0. The Hall–Kier alpha value is -1.92. The number of H-pyrrole nitrogens is 1. The van der Waals surface area contributed by atoms with E-state index in [1.807, 2.05) is 6.92 Å². The van der Waals surface area contributed by atoms with Crippen LogP contribution in [0.5, 0.6) is 0 Å². The molecule has 0 saturated carbocycles. The fourth-order valence-electron chi connectivity index (χ4n) is 1.78. The molecule has 6 heteroatoms. The number of rotatable bonds is 3. The number of aromatic nitrogens is 2. The molecule has 2 atom stereocenters. The molecule has 0 aliphatic heterocycles. The lowest BCUT2D eigenvalue weighted by Gasteiger charge is -2.15. The average molecular weight is 250 g/mol. The Balaban J connectivity index is 2.33. The second kappa shape index (κ2) is 4.75. The molecule has 6 nitrogen and oxygen atoms in total. The highest BCUT2D eigenvalue weighted by atomic mass is 16.5. The smallest absolute Gasteiger partial charge is 0.337 e. The molecule has 1 heterocycles. The molecule has 1 aromatic carbocycles. The first-order chi connectivity index (χ1) is 8.54. The van der Waals surface area contributed by atoms with Crippen molar-refractivity contribution in [1.29, 1.82) is 0 Å². The number of esters is 1. The van der Waals surface area contributed by atoms with Crippen LogP contribution in [0, 0.1) is 6.92 Å². The van der Waals surface area contributed by atoms with Crippen molar-refractivity contribution in [2.75, 3.05) is 7.11 Å². The van der Waals surface area contributed by atoms with Crippen LogP contribution >= 0.6 is 0 Å². The number of methoxy groups -OCH3 is 1. The van der Waals surface area contributed by atoms with E-state index in [0.717, 1.165) is 18.2 Å². The van der Waals surface area contributed by atoms with Gasteiger partial charge in [0.05, 0.1) is 12.6 Å². The van der Waals surface area contributed by atoms with Crippen LogP contribution in [0.3, 0.4) is 0 Å². The zero-order valence-corrected chi connectivity index (χ0v) is 10.0. The molecule has 2 rings (SSSR count). The van der Waals surface area contributed by atoms with Crippen molar-refractivity contribution in [3.63, 3.8) is 0 Å². The number of nitrogens with zero attached hydrogens (tertiary/aromatic N) is 1. The molecule has 3 N–H and O–H groups in total. The summed E-state index contributed by atoms with van der Waals surface area (Å²) in [5.74, 6) is -0.874. The van der Waals surface area contributed by atoms with Crippen molar-refractivity contribution in [1.82, 2.24) is 10.2 Å². The van der Waals surface area contributed by atoms with Gasteiger partial charge >= 0.3 is 5.97 Å². The van der Waals surface area contributed by atoms with Gasteiger partial charge in [-0.25, -0.2) is 4.79 Å². The predicted molar refractivity (Wildman–Crippen MR) is 63.8 cm³/mol. The number of nitrogens with one attached hydrogen (secondary N) is 1. The number of carbonyl (C=O) groups excluding carboxylic acids is 1. The standard InChI is InChI=1S/C12H14N2O4/c1-6-8-4-3-7(5-9(8)14-13-6)10(15)11(16)12(17)18-2/h3-5,10-11,15-16H,1-2H3,(H,13,14). The molecule has 0 saturated heterocycles. The van der Waals surface area contributed by atoms with Crippen LogP contribution in [0.15, 0.2) is 18.2 Å². The first kappa shape index (κ1) is 12.5. The molecule has 0 aliphatic rings. The molecule has 18 heavy (non-hydrogen) atoms. The Kier molecular flexibility index (Phi) is 3.31. The maximum absolute atomic E-state index is 11.1. The third-order valence-corrected chi connectivity index (χ3v) is 2.85. The summed E-state index contributed by atoms with van der Waals surface area (Å²) < 4.78 is 4.38. The van der Waals surface area contributed by atoms with Crippen molar-refractivity contribution < 1.29 is 19.7 Å². The van der Waals surface area contributed by atoms with Crippen LogP contribution < -0.4 is 0 Å². The quantitative estimate of drug-likeness (QED) is 0.687. The Morgan fingerprint density at radius 1 is 1.44 bits per heavy atom. The first-order valence-corrected chi connectivity index (χ1v) is 5.43. The van der Waals surface area contributed by atoms with E-state index in [-0.39, 0.29) is 0 Å². The van der Waals surface area contributed by atoms with Gasteiger partial charge in [0.2, 0.25) is 0 Å². The van der Waals surface area contributed by atoms with Gasteiger partial charge in [0, 0.05) is 11.1 Å². The number of fused-ring (bicyclic) bond motifs is 1. The van der Waals surface area contributed by atoms with Gasteiger partial charge in [0.25, 0.3) is 0 Å². The summed E-state index contributed by atoms with van der Waals surface area (Å²) in [4.78, 5) is 11.1. The van der Waals surface area contributed by atoms with E-state index in [4.69, 9.17) is 0 Å². The van der Waals surface area contributed by atoms with E-state index in [1.54, 1.807) is 18.2 Å². The fraction of sp³-hybridized carbons (Fsp3) is 0.333. The minimum absolute atomic E-state index is 0.409. The molecule has 0 amide bonds. The SMILES string of the molecule is COC(=O)C(O)C(O)c1ccc2c(C)[nH]nc2c1. The van der Waals surface area contributed by atoms with E-state index in [0.29, 0.717) is 11.1 Å². The Morgan fingerprint density at radius 3 is 2.83 bits per heavy atom. The number of aliphatic hydroxyl groups excluding tert-OH is 2. The lowest BCUT2D eigenvalue weighted by Crippen LogP contribution is -2.28. The van der Waals surface area contributed by atoms with Crippen LogP contribution in [0.2, 0.25) is 0 Å². The predicted octanol–water partition coefficient (Wildman–Crippen LogP) is 0.439. The number of ether oxygens (including phenoxy) is 1. The molecule has 0 radical (unpaired) electrons. The highest BCUT2D eigenvalue weighted by Crippen LogP contribution is 2.23. The van der Waals surface area contributed by atoms with Gasteiger partial charge in [-0.15, -0.1) is 0 Å². The van der Waals surface area contributed by atoms with Gasteiger partial charge in [0.15, 0.2) is 6.10 Å². The van der Waals surface area contributed by atoms with Crippen LogP contribution in [-0.4, -0.2) is 39.6 Å². The highest BCUT2D eigenvalue weighted by Gasteiger charge is 2.26. The third kappa shape index (κ3) is 2.07. The normalized spacial score (nSPS) is 14.4. The number of aryl methyl sites for hydroxylation is 1. The van der Waals surface area contributed by atoms with Gasteiger partial charge in [-0.1, -0.05) is 12.1 Å². The molecular weight excluding hydrogens is 236 g/mol. The Morgan fingerprint density at radius 2 is 2.17 bits per heavy atom. The summed E-state index contributed by atoms with van der Waals surface area (Å²) in [5, 5.41) is 27.2. The number of hydrogen-bond acceptors (Lipinski definition) is 5. The van der Waals surface area contributed by atoms with E-state index >= 15 is 0 Å². The number of aromatic amines is 1. The summed E-state index contributed by atoms with van der Waals surface area (Å²) in [6.07, 6.45) is -2.94. The minimum atomic E-state index is -1.60. The molecular formula is C12H14N2O4. The number of hydrogen-bond donors (Lipinski definition) is 3. The Labute approximate surface area is 103 Å². The molecule has 0 bridgehead atoms. The van der Waals surface area contributed by atoms with Crippen LogP contribution in [0.4, 0.5) is 0 Å². The van der Waals surface area contributed by atoms with Crippen molar-refractivity contribution >= 4 is 16.9 Å². The van der Waals surface area contributed by atoms with Gasteiger partial charge in [0.1, 0.15) is 6.10 Å². The molecule has 1 aromatic heterocycles. The summed E-state index contributed by atoms with van der Waals surface area (Å²) in [6.45, 7) is 1.88. The van der Waals surface area contributed by atoms with Crippen molar-refractivity contribution in [2.24, 2.45) is 0 Å². The van der Waals surface area contributed by atoms with Gasteiger partial charge < -0.3 is 14.9 Å². The maximum atomic E-state index is 11.1. The molecule has 0 spiro atoms. The maximum Gasteiger partial charge on any atom is 0.337 e. The summed E-state index contributed by atoms with van der Waals surface area (Å²) in [5.41, 5.74) is 1.99. The van der Waals surface area contributed by atoms with Crippen LogP contribution in [0.1, 0.15) is 17.4 Å². The van der Waals surface area contributed by atoms with E-state index < -0.39 is 18.2 Å². The van der Waals surface area contributed by atoms with E-state index in [1.165, 1.54) is 0 Å². The first-order valence-electron chi connectivity index (χ1n) is 5.43. The monoisotopic (exact) mass is 250 g/mol. The molecule has 2 unspecified atom stereocenters. The average Bonchev–Trinajstić information content (AvgIpc) is 2.77. The number of aliphatic hydroxyl groups is 2. The molecule has 2 aromatic rings. The zero-order chi connectivity index (χ0) is 13.3. The van der Waals surface area contributed by atoms with Gasteiger partial charge in [-0.2, -0.15) is 5.10 Å². The van der Waals surface area contributed by atoms with E-state index in [2.05, 4.69) is 14.9 Å². The van der Waals surface area contributed by atoms with Gasteiger partial charge in [-0.05, 0) is 18.6 Å². The second-order valence-electron chi connectivity index (χ2n) is 4.04. The molecule has 96 valence electrons. The topological polar surface area (TPSA) is 95.4 Å². The lowest BCUT2D eigenvalue weighted by atomic mass is 10.0. The number of carbonyl (C=O) groups is 1. The molecule has 0 aliphatic carbocycles. The van der Waals surface area contributed by atoms with Crippen molar-refractivity contribution in [3.8, 4) is 0 Å². The lowest BCUT2D eigenvalue weighted by molar-refractivity contribution is -0.156.